The lowest BCUT2D eigenvalue weighted by Gasteiger charge is -2.19. The van der Waals surface area contributed by atoms with Gasteiger partial charge in [-0.15, -0.1) is 0 Å². The van der Waals surface area contributed by atoms with Crippen molar-refractivity contribution >= 4 is 11.0 Å². The Labute approximate surface area is 105 Å². The third-order valence-electron chi connectivity index (χ3n) is 3.59. The summed E-state index contributed by atoms with van der Waals surface area (Å²) in [5.74, 6) is 0. The van der Waals surface area contributed by atoms with Crippen molar-refractivity contribution in [1.82, 2.24) is 20.6 Å². The molecule has 1 aromatic heterocycles. The number of imidazole rings is 1. The second kappa shape index (κ2) is 4.59. The van der Waals surface area contributed by atoms with Gasteiger partial charge in [0.25, 0.3) is 0 Å². The second-order valence-corrected chi connectivity index (χ2v) is 4.96. The zero-order chi connectivity index (χ0) is 12.5. The van der Waals surface area contributed by atoms with Crippen LogP contribution in [0.15, 0.2) is 23.0 Å². The minimum Gasteiger partial charge on any atom is -0.315 e. The molecule has 0 radical (unpaired) electrons. The summed E-state index contributed by atoms with van der Waals surface area (Å²) in [6.07, 6.45) is 1.17. The fourth-order valence-corrected chi connectivity index (χ4v) is 2.57. The smallest absolute Gasteiger partial charge is 0.315 e. The van der Waals surface area contributed by atoms with E-state index in [1.54, 1.807) is 0 Å². The molecule has 2 unspecified atom stereocenters. The summed E-state index contributed by atoms with van der Waals surface area (Å²) in [5, 5.41) is 6.95. The van der Waals surface area contributed by atoms with E-state index in [0.29, 0.717) is 6.04 Å². The molecule has 1 fully saturated rings. The summed E-state index contributed by atoms with van der Waals surface area (Å²) >= 11 is 0. The normalized spacial score (nSPS) is 21.5. The maximum Gasteiger partial charge on any atom is 0.323 e. The Morgan fingerprint density at radius 1 is 1.33 bits per heavy atom. The van der Waals surface area contributed by atoms with Crippen molar-refractivity contribution in [2.24, 2.45) is 0 Å². The fourth-order valence-electron chi connectivity index (χ4n) is 2.57. The van der Waals surface area contributed by atoms with Gasteiger partial charge in [-0.05, 0) is 37.6 Å². The average Bonchev–Trinajstić information content (AvgIpc) is 2.95. The van der Waals surface area contributed by atoms with Gasteiger partial charge < -0.3 is 20.6 Å². The predicted molar refractivity (Wildman–Crippen MR) is 71.7 cm³/mol. The molecule has 0 spiro atoms. The molecule has 1 aliphatic heterocycles. The number of hydrogen-bond acceptors (Lipinski definition) is 3. The topological polar surface area (TPSA) is 72.7 Å². The molecular weight excluding hydrogens is 228 g/mol. The first-order valence-corrected chi connectivity index (χ1v) is 6.41. The van der Waals surface area contributed by atoms with Gasteiger partial charge in [-0.2, -0.15) is 0 Å². The zero-order valence-electron chi connectivity index (χ0n) is 10.4. The Morgan fingerprint density at radius 3 is 2.94 bits per heavy atom. The van der Waals surface area contributed by atoms with E-state index in [1.807, 2.05) is 12.1 Å². The lowest BCUT2D eigenvalue weighted by atomic mass is 10.1. The molecule has 0 saturated carbocycles. The standard InChI is InChI=1S/C13H18N4O/c1-8(15-10-4-5-14-7-10)9-2-3-11-12(6-9)17-13(18)16-11/h2-3,6,8,10,14-15H,4-5,7H2,1H3,(H2,16,17,18). The molecule has 5 nitrogen and oxygen atoms in total. The Balaban J connectivity index is 1.81. The quantitative estimate of drug-likeness (QED) is 0.649. The summed E-state index contributed by atoms with van der Waals surface area (Å²) < 4.78 is 0. The van der Waals surface area contributed by atoms with E-state index in [-0.39, 0.29) is 11.7 Å². The minimum atomic E-state index is -0.150. The molecule has 0 bridgehead atoms. The summed E-state index contributed by atoms with van der Waals surface area (Å²) in [5.41, 5.74) is 2.78. The molecule has 2 heterocycles. The highest BCUT2D eigenvalue weighted by molar-refractivity contribution is 5.75. The predicted octanol–water partition coefficient (Wildman–Crippen LogP) is 0.869. The maximum absolute atomic E-state index is 11.2. The SMILES string of the molecule is CC(NC1CCNC1)c1ccc2[nH]c(=O)[nH]c2c1. The largest absolute Gasteiger partial charge is 0.323 e. The number of hydrogen-bond donors (Lipinski definition) is 4. The van der Waals surface area contributed by atoms with Crippen molar-refractivity contribution in [3.05, 3.63) is 34.2 Å². The highest BCUT2D eigenvalue weighted by atomic mass is 16.1. The van der Waals surface area contributed by atoms with Crippen LogP contribution in [-0.2, 0) is 0 Å². The van der Waals surface area contributed by atoms with Crippen LogP contribution in [0.4, 0.5) is 0 Å². The summed E-state index contributed by atoms with van der Waals surface area (Å²) in [4.78, 5) is 16.8. The summed E-state index contributed by atoms with van der Waals surface area (Å²) in [6, 6.07) is 6.88. The van der Waals surface area contributed by atoms with Crippen LogP contribution >= 0.6 is 0 Å². The number of rotatable bonds is 3. The van der Waals surface area contributed by atoms with Crippen LogP contribution < -0.4 is 16.3 Å². The molecule has 5 heteroatoms. The van der Waals surface area contributed by atoms with E-state index in [9.17, 15) is 4.79 Å². The Kier molecular flexibility index (Phi) is 2.93. The molecule has 1 aliphatic rings. The van der Waals surface area contributed by atoms with Gasteiger partial charge >= 0.3 is 5.69 Å². The maximum atomic E-state index is 11.2. The first-order chi connectivity index (χ1) is 8.72. The van der Waals surface area contributed by atoms with Crippen LogP contribution in [0.3, 0.4) is 0 Å². The molecule has 2 aromatic rings. The van der Waals surface area contributed by atoms with Crippen LogP contribution in [0.2, 0.25) is 0 Å². The number of H-pyrrole nitrogens is 2. The second-order valence-electron chi connectivity index (χ2n) is 4.96. The minimum absolute atomic E-state index is 0.150. The third-order valence-corrected chi connectivity index (χ3v) is 3.59. The number of aromatic nitrogens is 2. The van der Waals surface area contributed by atoms with E-state index in [2.05, 4.69) is 33.6 Å². The Bertz CT molecular complexity index is 594. The van der Waals surface area contributed by atoms with Crippen molar-refractivity contribution in [1.29, 1.82) is 0 Å². The van der Waals surface area contributed by atoms with Gasteiger partial charge in [0.15, 0.2) is 0 Å². The van der Waals surface area contributed by atoms with Crippen LogP contribution in [-0.4, -0.2) is 29.1 Å². The van der Waals surface area contributed by atoms with Crippen molar-refractivity contribution in [3.8, 4) is 0 Å². The van der Waals surface area contributed by atoms with Crippen LogP contribution in [0.25, 0.3) is 11.0 Å². The van der Waals surface area contributed by atoms with Crippen LogP contribution in [0.1, 0.15) is 24.9 Å². The molecule has 0 amide bonds. The monoisotopic (exact) mass is 246 g/mol. The number of benzene rings is 1. The van der Waals surface area contributed by atoms with Gasteiger partial charge in [-0.25, -0.2) is 4.79 Å². The molecule has 2 atom stereocenters. The van der Waals surface area contributed by atoms with Gasteiger partial charge in [0.1, 0.15) is 0 Å². The fraction of sp³-hybridized carbons (Fsp3) is 0.462. The first-order valence-electron chi connectivity index (χ1n) is 6.41. The molecule has 3 rings (SSSR count). The Morgan fingerprint density at radius 2 is 2.17 bits per heavy atom. The van der Waals surface area contributed by atoms with E-state index in [1.165, 1.54) is 12.0 Å². The third kappa shape index (κ3) is 2.19. The highest BCUT2D eigenvalue weighted by Crippen LogP contribution is 2.18. The molecule has 1 saturated heterocycles. The first kappa shape index (κ1) is 11.5. The van der Waals surface area contributed by atoms with Crippen LogP contribution in [0.5, 0.6) is 0 Å². The van der Waals surface area contributed by atoms with Crippen LogP contribution in [0, 0.1) is 0 Å². The van der Waals surface area contributed by atoms with E-state index in [4.69, 9.17) is 0 Å². The summed E-state index contributed by atoms with van der Waals surface area (Å²) in [6.45, 7) is 4.28. The van der Waals surface area contributed by atoms with Crippen molar-refractivity contribution in [2.75, 3.05) is 13.1 Å². The van der Waals surface area contributed by atoms with Gasteiger partial charge in [0.2, 0.25) is 0 Å². The number of fused-ring (bicyclic) bond motifs is 1. The lowest BCUT2D eigenvalue weighted by molar-refractivity contribution is 0.478. The zero-order valence-corrected chi connectivity index (χ0v) is 10.4. The van der Waals surface area contributed by atoms with Gasteiger partial charge in [-0.1, -0.05) is 6.07 Å². The molecular formula is C13H18N4O. The molecule has 1 aromatic carbocycles. The highest BCUT2D eigenvalue weighted by Gasteiger charge is 2.17. The molecule has 4 N–H and O–H groups in total. The van der Waals surface area contributed by atoms with Crippen molar-refractivity contribution < 1.29 is 0 Å². The summed E-state index contributed by atoms with van der Waals surface area (Å²) in [7, 11) is 0. The van der Waals surface area contributed by atoms with Gasteiger partial charge in [-0.3, -0.25) is 0 Å². The van der Waals surface area contributed by atoms with Crippen molar-refractivity contribution in [2.45, 2.75) is 25.4 Å². The van der Waals surface area contributed by atoms with Crippen molar-refractivity contribution in [3.63, 3.8) is 0 Å². The van der Waals surface area contributed by atoms with E-state index in [0.717, 1.165) is 24.1 Å². The number of nitrogens with one attached hydrogen (secondary N) is 4. The van der Waals surface area contributed by atoms with Gasteiger partial charge in [0.05, 0.1) is 11.0 Å². The molecule has 0 aliphatic carbocycles. The van der Waals surface area contributed by atoms with E-state index < -0.39 is 0 Å². The number of aromatic amines is 2. The van der Waals surface area contributed by atoms with E-state index >= 15 is 0 Å². The Hall–Kier alpha value is -1.59. The molecule has 18 heavy (non-hydrogen) atoms. The lowest BCUT2D eigenvalue weighted by Crippen LogP contribution is -2.33. The molecule has 96 valence electrons. The van der Waals surface area contributed by atoms with Gasteiger partial charge in [0, 0.05) is 18.6 Å². The average molecular weight is 246 g/mol.